The van der Waals surface area contributed by atoms with Gasteiger partial charge < -0.3 is 5.73 Å². The Morgan fingerprint density at radius 3 is 2.50 bits per heavy atom. The van der Waals surface area contributed by atoms with Crippen LogP contribution in [0.25, 0.3) is 0 Å². The topological polar surface area (TPSA) is 97.4 Å². The summed E-state index contributed by atoms with van der Waals surface area (Å²) in [7, 11) is 0. The molecule has 2 aliphatic rings. The average Bonchev–Trinajstić information content (AvgIpc) is 2.46. The zero-order valence-corrected chi connectivity index (χ0v) is 12.4. The van der Waals surface area contributed by atoms with Gasteiger partial charge in [-0.25, -0.2) is 0 Å². The molecule has 4 nitrogen and oxygen atoms in total. The predicted octanol–water partition coefficient (Wildman–Crippen LogP) is 3.52. The van der Waals surface area contributed by atoms with Crippen LogP contribution in [-0.2, 0) is 0 Å². The molecule has 1 saturated carbocycles. The largest absolute Gasteiger partial charge is 0.392 e. The summed E-state index contributed by atoms with van der Waals surface area (Å²) < 4.78 is 0. The third-order valence-corrected chi connectivity index (χ3v) is 5.32. The van der Waals surface area contributed by atoms with Crippen LogP contribution in [0.4, 0.5) is 0 Å². The van der Waals surface area contributed by atoms with Crippen LogP contribution in [-0.4, -0.2) is 5.04 Å². The molecule has 0 aromatic heterocycles. The highest BCUT2D eigenvalue weighted by Crippen LogP contribution is 2.40. The summed E-state index contributed by atoms with van der Waals surface area (Å²) in [5.74, 6) is 0.0410. The van der Waals surface area contributed by atoms with E-state index in [-0.39, 0.29) is 11.0 Å². The number of thioether (sulfide) groups is 1. The van der Waals surface area contributed by atoms with Gasteiger partial charge in [-0.15, -0.1) is 0 Å². The van der Waals surface area contributed by atoms with Gasteiger partial charge in [0.25, 0.3) is 0 Å². The van der Waals surface area contributed by atoms with Crippen LogP contribution in [0.15, 0.2) is 10.6 Å². The molecule has 0 saturated heterocycles. The summed E-state index contributed by atoms with van der Waals surface area (Å²) in [5.41, 5.74) is 6.39. The predicted molar refractivity (Wildman–Crippen MR) is 80.5 cm³/mol. The lowest BCUT2D eigenvalue weighted by Crippen LogP contribution is -2.29. The first-order valence-electron chi connectivity index (χ1n) is 7.23. The highest BCUT2D eigenvalue weighted by atomic mass is 32.2. The van der Waals surface area contributed by atoms with Crippen molar-refractivity contribution in [2.24, 2.45) is 23.5 Å². The molecule has 0 bridgehead atoms. The van der Waals surface area contributed by atoms with E-state index in [4.69, 9.17) is 11.1 Å². The highest BCUT2D eigenvalue weighted by molar-refractivity contribution is 8.17. The lowest BCUT2D eigenvalue weighted by molar-refractivity contribution is 0.312. The van der Waals surface area contributed by atoms with E-state index in [1.807, 2.05) is 0 Å². The summed E-state index contributed by atoms with van der Waals surface area (Å²) >= 11 is 1.07. The number of hydrogen-bond acceptors (Lipinski definition) is 5. The van der Waals surface area contributed by atoms with E-state index < -0.39 is 5.92 Å². The second-order valence-corrected chi connectivity index (χ2v) is 6.73. The van der Waals surface area contributed by atoms with E-state index >= 15 is 0 Å². The van der Waals surface area contributed by atoms with Crippen LogP contribution >= 0.6 is 11.8 Å². The van der Waals surface area contributed by atoms with Crippen molar-refractivity contribution in [2.45, 2.75) is 44.9 Å². The molecule has 1 aliphatic heterocycles. The van der Waals surface area contributed by atoms with E-state index in [1.165, 1.54) is 32.1 Å². The highest BCUT2D eigenvalue weighted by Gasteiger charge is 2.36. The maximum absolute atomic E-state index is 9.29. The van der Waals surface area contributed by atoms with Gasteiger partial charge in [-0.3, -0.25) is 5.41 Å². The molecular weight excluding hydrogens is 268 g/mol. The Kier molecular flexibility index (Phi) is 5.09. The molecule has 106 valence electrons. The Morgan fingerprint density at radius 2 is 1.90 bits per heavy atom. The van der Waals surface area contributed by atoms with Gasteiger partial charge >= 0.3 is 0 Å². The Hall–Kier alpha value is -1.46. The van der Waals surface area contributed by atoms with Crippen molar-refractivity contribution in [3.8, 4) is 12.1 Å². The normalized spacial score (nSPS) is 28.0. The van der Waals surface area contributed by atoms with Crippen molar-refractivity contribution in [1.82, 2.24) is 0 Å². The van der Waals surface area contributed by atoms with Crippen molar-refractivity contribution in [1.29, 1.82) is 15.9 Å². The van der Waals surface area contributed by atoms with Gasteiger partial charge in [0, 0.05) is 5.92 Å². The van der Waals surface area contributed by atoms with Crippen LogP contribution in [0.3, 0.4) is 0 Å². The third-order valence-electron chi connectivity index (χ3n) is 4.41. The second-order valence-electron chi connectivity index (χ2n) is 5.65. The first-order valence-corrected chi connectivity index (χ1v) is 8.04. The molecule has 1 fully saturated rings. The summed E-state index contributed by atoms with van der Waals surface area (Å²) in [5, 5.41) is 27.2. The Balaban J connectivity index is 2.08. The number of nitrogens with zero attached hydrogens (tertiary/aromatic N) is 2. The first-order chi connectivity index (χ1) is 9.67. The zero-order valence-electron chi connectivity index (χ0n) is 11.6. The van der Waals surface area contributed by atoms with Crippen LogP contribution in [0, 0.1) is 45.8 Å². The minimum Gasteiger partial charge on any atom is -0.392 e. The number of nitrogens with two attached hydrogens (primary N) is 1. The molecule has 2 atom stereocenters. The first kappa shape index (κ1) is 14.9. The molecule has 20 heavy (non-hydrogen) atoms. The van der Waals surface area contributed by atoms with Gasteiger partial charge in [0.2, 0.25) is 0 Å². The van der Waals surface area contributed by atoms with Crippen molar-refractivity contribution in [3.63, 3.8) is 0 Å². The molecular formula is C15H20N4S. The van der Waals surface area contributed by atoms with Crippen LogP contribution < -0.4 is 5.73 Å². The molecule has 1 heterocycles. The summed E-state index contributed by atoms with van der Waals surface area (Å²) in [6.07, 6.45) is 8.29. The lowest BCUT2D eigenvalue weighted by atomic mass is 9.79. The zero-order chi connectivity index (χ0) is 14.5. The number of allylic oxidation sites excluding steroid dienone is 1. The fourth-order valence-electron chi connectivity index (χ4n) is 3.26. The molecule has 2 rings (SSSR count). The fraction of sp³-hybridized carbons (Fsp3) is 0.667. The van der Waals surface area contributed by atoms with E-state index in [1.54, 1.807) is 0 Å². The molecule has 5 heteroatoms. The Bertz CT molecular complexity index is 491. The van der Waals surface area contributed by atoms with Gasteiger partial charge in [0.05, 0.1) is 27.8 Å². The number of nitrogens with one attached hydrogen (secondary N) is 1. The molecule has 3 N–H and O–H groups in total. The molecule has 0 aromatic rings. The van der Waals surface area contributed by atoms with Gasteiger partial charge in [-0.05, 0) is 18.8 Å². The molecule has 0 spiro atoms. The van der Waals surface area contributed by atoms with Crippen molar-refractivity contribution < 1.29 is 0 Å². The number of nitriles is 2. The molecule has 0 amide bonds. The SMILES string of the molecule is N#CC1=C(N)SC(=N)[C@H](C#N)[C@@H]1CCC1CCCCC1. The number of rotatable bonds is 3. The van der Waals surface area contributed by atoms with E-state index in [9.17, 15) is 10.5 Å². The van der Waals surface area contributed by atoms with Crippen LogP contribution in [0.5, 0.6) is 0 Å². The molecule has 1 aliphatic carbocycles. The van der Waals surface area contributed by atoms with Gasteiger partial charge in [0.1, 0.15) is 5.92 Å². The Labute approximate surface area is 124 Å². The minimum absolute atomic E-state index is 0.180. The maximum Gasteiger partial charge on any atom is 0.102 e. The van der Waals surface area contributed by atoms with E-state index in [0.717, 1.165) is 24.6 Å². The average molecular weight is 288 g/mol. The van der Waals surface area contributed by atoms with E-state index in [2.05, 4.69) is 12.1 Å². The smallest absolute Gasteiger partial charge is 0.102 e. The fourth-order valence-corrected chi connectivity index (χ4v) is 4.15. The molecule has 0 aromatic carbocycles. The molecule has 0 radical (unpaired) electrons. The van der Waals surface area contributed by atoms with Gasteiger partial charge in [-0.1, -0.05) is 43.9 Å². The van der Waals surface area contributed by atoms with E-state index in [0.29, 0.717) is 16.5 Å². The third kappa shape index (κ3) is 3.16. The maximum atomic E-state index is 9.29. The second kappa shape index (κ2) is 6.81. The van der Waals surface area contributed by atoms with Crippen LogP contribution in [0.2, 0.25) is 0 Å². The van der Waals surface area contributed by atoms with Crippen molar-refractivity contribution >= 4 is 16.8 Å². The van der Waals surface area contributed by atoms with Crippen LogP contribution in [0.1, 0.15) is 44.9 Å². The monoisotopic (exact) mass is 288 g/mol. The van der Waals surface area contributed by atoms with Crippen molar-refractivity contribution in [2.75, 3.05) is 0 Å². The minimum atomic E-state index is -0.495. The number of hydrogen-bond donors (Lipinski definition) is 2. The summed E-state index contributed by atoms with van der Waals surface area (Å²) in [6.45, 7) is 0. The summed E-state index contributed by atoms with van der Waals surface area (Å²) in [6, 6.07) is 4.35. The Morgan fingerprint density at radius 1 is 1.20 bits per heavy atom. The molecule has 0 unspecified atom stereocenters. The standard InChI is InChI=1S/C15H20N4S/c16-8-12-11(7-6-10-4-2-1-3-5-10)13(9-17)15(19)20-14(12)18/h10-12,18H,1-7,19H2/t11-,12+/m0/s1. The quantitative estimate of drug-likeness (QED) is 0.830. The summed E-state index contributed by atoms with van der Waals surface area (Å²) in [4.78, 5) is 0. The lowest BCUT2D eigenvalue weighted by Gasteiger charge is -2.29. The van der Waals surface area contributed by atoms with Gasteiger partial charge in [-0.2, -0.15) is 10.5 Å². The van der Waals surface area contributed by atoms with Crippen molar-refractivity contribution in [3.05, 3.63) is 10.6 Å². The van der Waals surface area contributed by atoms with Gasteiger partial charge in [0.15, 0.2) is 0 Å².